The van der Waals surface area contributed by atoms with Gasteiger partial charge in [-0.25, -0.2) is 4.57 Å². The van der Waals surface area contributed by atoms with E-state index in [1.54, 1.807) is 0 Å². The van der Waals surface area contributed by atoms with E-state index in [0.29, 0.717) is 17.9 Å². The van der Waals surface area contributed by atoms with E-state index in [4.69, 9.17) is 2.74 Å². The van der Waals surface area contributed by atoms with E-state index < -0.39 is 0 Å². The van der Waals surface area contributed by atoms with Crippen LogP contribution >= 0.6 is 0 Å². The molecule has 1 heterocycles. The van der Waals surface area contributed by atoms with Crippen LogP contribution in [0.3, 0.4) is 0 Å². The van der Waals surface area contributed by atoms with Gasteiger partial charge in [-0.05, 0) is 95.8 Å². The number of rotatable bonds is 4. The Balaban J connectivity index is 1.61. The van der Waals surface area contributed by atoms with Crippen LogP contribution in [0.25, 0.3) is 33.2 Å². The summed E-state index contributed by atoms with van der Waals surface area (Å²) in [6.45, 7) is 2.30. The maximum Gasteiger partial charge on any atom is 0.220 e. The van der Waals surface area contributed by atoms with Crippen molar-refractivity contribution in [2.45, 2.75) is 70.1 Å². The number of hydrogen-bond acceptors (Lipinski definition) is 0. The number of aromatic nitrogens is 1. The molecule has 0 atom stereocenters. The Morgan fingerprint density at radius 1 is 0.794 bits per heavy atom. The van der Waals surface area contributed by atoms with Crippen molar-refractivity contribution >= 4 is 10.8 Å². The average molecular weight is 449 g/mol. The van der Waals surface area contributed by atoms with Crippen molar-refractivity contribution in [3.63, 3.8) is 0 Å². The van der Waals surface area contributed by atoms with E-state index in [1.165, 1.54) is 73.6 Å². The highest BCUT2D eigenvalue weighted by Gasteiger charge is 2.27. The minimum atomic E-state index is 0.274. The molecule has 1 nitrogen and oxygen atoms in total. The third-order valence-electron chi connectivity index (χ3n) is 8.42. The number of pyridine rings is 1. The van der Waals surface area contributed by atoms with Crippen LogP contribution in [-0.4, -0.2) is 0 Å². The zero-order valence-electron chi connectivity index (χ0n) is 22.5. The standard InChI is InChI=1S/C33H36N/c1-23-31(26-14-8-9-15-26)21-29(25-12-6-7-13-25)22-32(23)33-30-17-16-27(24-10-4-3-5-11-24)20-28(30)18-19-34(33)2/h3-5,10-11,16-22,25-26H,6-9,12-15H2,1-2H3/q+1/i18D,19D. The lowest BCUT2D eigenvalue weighted by molar-refractivity contribution is -0.659. The second-order valence-electron chi connectivity index (χ2n) is 10.5. The molecule has 0 unspecified atom stereocenters. The van der Waals surface area contributed by atoms with E-state index in [-0.39, 0.29) is 6.17 Å². The molecule has 0 amide bonds. The second kappa shape index (κ2) is 9.02. The molecule has 0 N–H and O–H groups in total. The summed E-state index contributed by atoms with van der Waals surface area (Å²) in [7, 11) is 1.97. The highest BCUT2D eigenvalue weighted by atomic mass is 14.9. The Kier molecular flexibility index (Phi) is 5.14. The summed E-state index contributed by atoms with van der Waals surface area (Å²) in [5.41, 5.74) is 8.97. The third kappa shape index (κ3) is 3.86. The van der Waals surface area contributed by atoms with Crippen LogP contribution in [0.1, 0.15) is 82.6 Å². The molecule has 0 spiro atoms. The molecule has 172 valence electrons. The zero-order valence-corrected chi connectivity index (χ0v) is 20.5. The van der Waals surface area contributed by atoms with Gasteiger partial charge >= 0.3 is 0 Å². The average Bonchev–Trinajstić information content (AvgIpc) is 3.64. The van der Waals surface area contributed by atoms with Crippen LogP contribution in [0, 0.1) is 6.92 Å². The second-order valence-corrected chi connectivity index (χ2v) is 10.5. The van der Waals surface area contributed by atoms with Gasteiger partial charge in [0.2, 0.25) is 5.69 Å². The number of benzene rings is 3. The molecule has 0 radical (unpaired) electrons. The molecule has 1 aromatic heterocycles. The summed E-state index contributed by atoms with van der Waals surface area (Å²) < 4.78 is 19.7. The van der Waals surface area contributed by atoms with E-state index in [9.17, 15) is 0 Å². The summed E-state index contributed by atoms with van der Waals surface area (Å²) in [6, 6.07) is 22.1. The van der Waals surface area contributed by atoms with Gasteiger partial charge in [0.05, 0.1) is 12.3 Å². The SMILES string of the molecule is [2H]c1c([2H])[n+](C)c(-c2cc(C3CCCC3)cc(C3CCCC3)c2C)c2ccc(-c3ccccc3)cc12. The molecule has 2 aliphatic rings. The first-order chi connectivity index (χ1) is 17.5. The monoisotopic (exact) mass is 448 g/mol. The van der Waals surface area contributed by atoms with Gasteiger partial charge in [0.15, 0.2) is 6.17 Å². The van der Waals surface area contributed by atoms with Crippen molar-refractivity contribution in [3.8, 4) is 22.4 Å². The largest absolute Gasteiger partial charge is 0.220 e. The van der Waals surface area contributed by atoms with Crippen molar-refractivity contribution in [3.05, 3.63) is 89.6 Å². The Labute approximate surface area is 207 Å². The predicted molar refractivity (Wildman–Crippen MR) is 143 cm³/mol. The van der Waals surface area contributed by atoms with Gasteiger partial charge in [0, 0.05) is 6.04 Å². The highest BCUT2D eigenvalue weighted by molar-refractivity contribution is 5.96. The van der Waals surface area contributed by atoms with Gasteiger partial charge in [-0.3, -0.25) is 0 Å². The van der Waals surface area contributed by atoms with Crippen molar-refractivity contribution in [1.29, 1.82) is 0 Å². The first kappa shape index (κ1) is 19.4. The lowest BCUT2D eigenvalue weighted by atomic mass is 9.83. The van der Waals surface area contributed by atoms with Crippen molar-refractivity contribution in [2.24, 2.45) is 7.05 Å². The van der Waals surface area contributed by atoms with Crippen LogP contribution in [-0.2, 0) is 7.05 Å². The minimum absolute atomic E-state index is 0.274. The molecule has 4 aromatic rings. The highest BCUT2D eigenvalue weighted by Crippen LogP contribution is 2.43. The maximum atomic E-state index is 8.88. The molecule has 0 bridgehead atoms. The molecule has 3 aromatic carbocycles. The van der Waals surface area contributed by atoms with Crippen LogP contribution in [0.15, 0.2) is 72.9 Å². The van der Waals surface area contributed by atoms with Crippen LogP contribution in [0.4, 0.5) is 0 Å². The van der Waals surface area contributed by atoms with Crippen molar-refractivity contribution < 1.29 is 7.31 Å². The van der Waals surface area contributed by atoms with Crippen molar-refractivity contribution in [2.75, 3.05) is 0 Å². The van der Waals surface area contributed by atoms with E-state index in [1.807, 2.05) is 17.7 Å². The molecule has 2 aliphatic carbocycles. The quantitative estimate of drug-likeness (QED) is 0.275. The van der Waals surface area contributed by atoms with Crippen LogP contribution in [0.2, 0.25) is 0 Å². The Hall–Kier alpha value is -2.93. The third-order valence-corrected chi connectivity index (χ3v) is 8.42. The van der Waals surface area contributed by atoms with Gasteiger partial charge in [0.25, 0.3) is 0 Å². The summed E-state index contributed by atoms with van der Waals surface area (Å²) in [5, 5.41) is 1.93. The molecular weight excluding hydrogens is 410 g/mol. The van der Waals surface area contributed by atoms with Crippen LogP contribution < -0.4 is 4.57 Å². The Morgan fingerprint density at radius 2 is 1.50 bits per heavy atom. The number of hydrogen-bond donors (Lipinski definition) is 0. The topological polar surface area (TPSA) is 3.88 Å². The Bertz CT molecular complexity index is 1430. The van der Waals surface area contributed by atoms with Gasteiger partial charge in [-0.15, -0.1) is 0 Å². The summed E-state index contributed by atoms with van der Waals surface area (Å²) in [6.07, 6.45) is 10.7. The smallest absolute Gasteiger partial charge is 0.200 e. The van der Waals surface area contributed by atoms with E-state index >= 15 is 0 Å². The molecule has 1 heteroatoms. The van der Waals surface area contributed by atoms with Crippen LogP contribution in [0.5, 0.6) is 0 Å². The fraction of sp³-hybridized carbons (Fsp3) is 0.364. The maximum absolute atomic E-state index is 8.88. The van der Waals surface area contributed by atoms with E-state index in [2.05, 4.69) is 61.5 Å². The predicted octanol–water partition coefficient (Wildman–Crippen LogP) is 8.62. The molecule has 6 rings (SSSR count). The first-order valence-corrected chi connectivity index (χ1v) is 13.2. The molecular formula is C33H36N+. The number of nitrogens with zero attached hydrogens (tertiary/aromatic N) is 1. The normalized spacial score (nSPS) is 17.9. The lowest BCUT2D eigenvalue weighted by Crippen LogP contribution is -2.31. The van der Waals surface area contributed by atoms with Crippen molar-refractivity contribution in [1.82, 2.24) is 0 Å². The molecule has 34 heavy (non-hydrogen) atoms. The minimum Gasteiger partial charge on any atom is -0.200 e. The number of fused-ring (bicyclic) bond motifs is 1. The molecule has 0 aliphatic heterocycles. The zero-order chi connectivity index (χ0) is 24.8. The molecule has 2 saturated carbocycles. The molecule has 0 saturated heterocycles. The first-order valence-electron chi connectivity index (χ1n) is 14.2. The summed E-state index contributed by atoms with van der Waals surface area (Å²) in [5.74, 6) is 1.30. The summed E-state index contributed by atoms with van der Waals surface area (Å²) in [4.78, 5) is 0. The molecule has 2 fully saturated rings. The van der Waals surface area contributed by atoms with Gasteiger partial charge in [-0.2, -0.15) is 0 Å². The summed E-state index contributed by atoms with van der Waals surface area (Å²) >= 11 is 0. The fourth-order valence-corrected chi connectivity index (χ4v) is 6.53. The van der Waals surface area contributed by atoms with E-state index in [0.717, 1.165) is 27.6 Å². The van der Waals surface area contributed by atoms with Gasteiger partial charge < -0.3 is 0 Å². The van der Waals surface area contributed by atoms with Gasteiger partial charge in [-0.1, -0.05) is 68.1 Å². The Morgan fingerprint density at radius 3 is 2.24 bits per heavy atom. The lowest BCUT2D eigenvalue weighted by Gasteiger charge is -2.21. The fourth-order valence-electron chi connectivity index (χ4n) is 6.53. The van der Waals surface area contributed by atoms with Gasteiger partial charge in [0.1, 0.15) is 8.42 Å².